The van der Waals surface area contributed by atoms with Crippen LogP contribution in [0.25, 0.3) is 11.3 Å². The lowest BCUT2D eigenvalue weighted by Crippen LogP contribution is -2.37. The summed E-state index contributed by atoms with van der Waals surface area (Å²) < 4.78 is 0. The van der Waals surface area contributed by atoms with E-state index in [1.807, 2.05) is 37.3 Å². The SMILES string of the molecule is C=C/C=C(\C=C)c1cccc(C2=CN=C(C(=O)NCCCC)C(C)CN2)c1. The van der Waals surface area contributed by atoms with Crippen LogP contribution in [0.2, 0.25) is 0 Å². The summed E-state index contributed by atoms with van der Waals surface area (Å²) in [4.78, 5) is 16.9. The lowest BCUT2D eigenvalue weighted by molar-refractivity contribution is -0.115. The molecule has 1 amide bonds. The molecule has 0 aromatic heterocycles. The van der Waals surface area contributed by atoms with Gasteiger partial charge in [0.15, 0.2) is 0 Å². The van der Waals surface area contributed by atoms with E-state index in [4.69, 9.17) is 0 Å². The number of amides is 1. The van der Waals surface area contributed by atoms with Crippen LogP contribution >= 0.6 is 0 Å². The van der Waals surface area contributed by atoms with Gasteiger partial charge in [0.25, 0.3) is 5.91 Å². The molecule has 0 saturated heterocycles. The summed E-state index contributed by atoms with van der Waals surface area (Å²) in [6.07, 6.45) is 9.28. The van der Waals surface area contributed by atoms with E-state index in [0.717, 1.165) is 35.2 Å². The number of benzene rings is 1. The Balaban J connectivity index is 2.26. The van der Waals surface area contributed by atoms with Crippen molar-refractivity contribution < 1.29 is 4.79 Å². The zero-order valence-electron chi connectivity index (χ0n) is 16.3. The Kier molecular flexibility index (Phi) is 7.80. The minimum atomic E-state index is -0.0770. The van der Waals surface area contributed by atoms with E-state index in [0.29, 0.717) is 18.8 Å². The van der Waals surface area contributed by atoms with Gasteiger partial charge in [-0.3, -0.25) is 9.79 Å². The topological polar surface area (TPSA) is 53.5 Å². The van der Waals surface area contributed by atoms with E-state index in [-0.39, 0.29) is 11.8 Å². The van der Waals surface area contributed by atoms with Gasteiger partial charge in [0.1, 0.15) is 5.71 Å². The van der Waals surface area contributed by atoms with Gasteiger partial charge in [-0.2, -0.15) is 0 Å². The third-order valence-corrected chi connectivity index (χ3v) is 4.47. The fourth-order valence-corrected chi connectivity index (χ4v) is 2.87. The van der Waals surface area contributed by atoms with Crippen LogP contribution < -0.4 is 10.6 Å². The Labute approximate surface area is 162 Å². The number of hydrogen-bond acceptors (Lipinski definition) is 3. The molecule has 1 aromatic rings. The minimum absolute atomic E-state index is 0.0351. The van der Waals surface area contributed by atoms with Crippen molar-refractivity contribution >= 4 is 22.9 Å². The van der Waals surface area contributed by atoms with E-state index in [1.54, 1.807) is 12.3 Å². The van der Waals surface area contributed by atoms with Gasteiger partial charge in [0.2, 0.25) is 0 Å². The van der Waals surface area contributed by atoms with Gasteiger partial charge in [0.05, 0.1) is 11.9 Å². The van der Waals surface area contributed by atoms with Crippen molar-refractivity contribution in [1.82, 2.24) is 10.6 Å². The molecule has 27 heavy (non-hydrogen) atoms. The van der Waals surface area contributed by atoms with E-state index in [1.165, 1.54) is 0 Å². The van der Waals surface area contributed by atoms with E-state index >= 15 is 0 Å². The van der Waals surface area contributed by atoms with Crippen LogP contribution in [0.1, 0.15) is 37.8 Å². The number of allylic oxidation sites excluding steroid dienone is 4. The van der Waals surface area contributed by atoms with Crippen LogP contribution in [0.5, 0.6) is 0 Å². The molecule has 2 N–H and O–H groups in total. The Morgan fingerprint density at radius 1 is 1.41 bits per heavy atom. The summed E-state index contributed by atoms with van der Waals surface area (Å²) >= 11 is 0. The maximum absolute atomic E-state index is 12.4. The van der Waals surface area contributed by atoms with Crippen molar-refractivity contribution in [3.05, 3.63) is 73.0 Å². The predicted molar refractivity (Wildman–Crippen MR) is 115 cm³/mol. The molecule has 1 unspecified atom stereocenters. The fraction of sp³-hybridized carbons (Fsp3) is 0.304. The molecule has 1 atom stereocenters. The average molecular weight is 364 g/mol. The largest absolute Gasteiger partial charge is 0.383 e. The molecule has 4 nitrogen and oxygen atoms in total. The first-order valence-corrected chi connectivity index (χ1v) is 9.46. The monoisotopic (exact) mass is 363 g/mol. The number of nitrogens with zero attached hydrogens (tertiary/aromatic N) is 1. The van der Waals surface area contributed by atoms with Crippen molar-refractivity contribution in [2.24, 2.45) is 10.9 Å². The first kappa shape index (κ1) is 20.4. The number of nitrogens with one attached hydrogen (secondary N) is 2. The van der Waals surface area contributed by atoms with Gasteiger partial charge >= 0.3 is 0 Å². The normalized spacial score (nSPS) is 17.1. The second kappa shape index (κ2) is 10.3. The van der Waals surface area contributed by atoms with Crippen molar-refractivity contribution in [3.63, 3.8) is 0 Å². The molecule has 0 saturated carbocycles. The van der Waals surface area contributed by atoms with Crippen molar-refractivity contribution in [3.8, 4) is 0 Å². The van der Waals surface area contributed by atoms with Crippen LogP contribution in [0.15, 0.2) is 66.8 Å². The molecular formula is C23H29N3O. The van der Waals surface area contributed by atoms with Crippen LogP contribution in [-0.4, -0.2) is 24.7 Å². The molecule has 1 aliphatic heterocycles. The molecule has 0 bridgehead atoms. The highest BCUT2D eigenvalue weighted by atomic mass is 16.1. The molecule has 0 radical (unpaired) electrons. The smallest absolute Gasteiger partial charge is 0.266 e. The molecule has 1 heterocycles. The summed E-state index contributed by atoms with van der Waals surface area (Å²) in [5.41, 5.74) is 4.57. The molecular weight excluding hydrogens is 334 g/mol. The third-order valence-electron chi connectivity index (χ3n) is 4.47. The molecule has 1 aromatic carbocycles. The van der Waals surface area contributed by atoms with Crippen LogP contribution in [0.4, 0.5) is 0 Å². The van der Waals surface area contributed by atoms with Crippen molar-refractivity contribution in [2.45, 2.75) is 26.7 Å². The van der Waals surface area contributed by atoms with Crippen LogP contribution in [0.3, 0.4) is 0 Å². The maximum atomic E-state index is 12.4. The highest BCUT2D eigenvalue weighted by Gasteiger charge is 2.21. The molecule has 0 spiro atoms. The average Bonchev–Trinajstić information content (AvgIpc) is 2.88. The second-order valence-corrected chi connectivity index (χ2v) is 6.59. The molecule has 2 rings (SSSR count). The third kappa shape index (κ3) is 5.55. The molecule has 1 aliphatic rings. The van der Waals surface area contributed by atoms with E-state index in [2.05, 4.69) is 41.8 Å². The van der Waals surface area contributed by atoms with Crippen LogP contribution in [-0.2, 0) is 4.79 Å². The van der Waals surface area contributed by atoms with Gasteiger partial charge in [-0.15, -0.1) is 0 Å². The quantitative estimate of drug-likeness (QED) is 0.533. The molecule has 4 heteroatoms. The van der Waals surface area contributed by atoms with E-state index in [9.17, 15) is 4.79 Å². The summed E-state index contributed by atoms with van der Waals surface area (Å²) in [5.74, 6) is -0.0418. The molecule has 0 fully saturated rings. The van der Waals surface area contributed by atoms with Crippen LogP contribution in [0, 0.1) is 5.92 Å². The number of unbranched alkanes of at least 4 members (excludes halogenated alkanes) is 1. The minimum Gasteiger partial charge on any atom is -0.383 e. The Hall–Kier alpha value is -2.88. The van der Waals surface area contributed by atoms with Gasteiger partial charge in [-0.25, -0.2) is 0 Å². The van der Waals surface area contributed by atoms with Gasteiger partial charge in [0, 0.05) is 19.0 Å². The maximum Gasteiger partial charge on any atom is 0.266 e. The van der Waals surface area contributed by atoms with Crippen molar-refractivity contribution in [2.75, 3.05) is 13.1 Å². The lowest BCUT2D eigenvalue weighted by Gasteiger charge is -2.14. The highest BCUT2D eigenvalue weighted by Crippen LogP contribution is 2.22. The first-order chi connectivity index (χ1) is 13.1. The summed E-state index contributed by atoms with van der Waals surface area (Å²) in [7, 11) is 0. The van der Waals surface area contributed by atoms with E-state index < -0.39 is 0 Å². The lowest BCUT2D eigenvalue weighted by atomic mass is 10.0. The Morgan fingerprint density at radius 2 is 2.22 bits per heavy atom. The summed E-state index contributed by atoms with van der Waals surface area (Å²) in [5, 5.41) is 6.37. The predicted octanol–water partition coefficient (Wildman–Crippen LogP) is 4.34. The summed E-state index contributed by atoms with van der Waals surface area (Å²) in [6, 6.07) is 8.16. The van der Waals surface area contributed by atoms with Gasteiger partial charge in [-0.05, 0) is 29.2 Å². The number of rotatable bonds is 8. The second-order valence-electron chi connectivity index (χ2n) is 6.59. The number of hydrogen-bond donors (Lipinski definition) is 2. The molecule has 0 aliphatic carbocycles. The number of carbonyl (C=O) groups is 1. The molecule has 142 valence electrons. The Morgan fingerprint density at radius 3 is 2.93 bits per heavy atom. The number of aliphatic imine (C=N–C) groups is 1. The Bertz CT molecular complexity index is 787. The van der Waals surface area contributed by atoms with Gasteiger partial charge in [-0.1, -0.05) is 69.9 Å². The standard InChI is InChI=1S/C23H29N3O/c1-5-8-13-24-23(27)22-17(4)15-25-21(16-26-22)20-12-9-11-19(14-20)18(7-3)10-6-2/h6-7,9-12,14,16-17,25H,2-3,5,8,13,15H2,1,4H3,(H,24,27)/b18-10+. The zero-order chi connectivity index (χ0) is 19.6. The summed E-state index contributed by atoms with van der Waals surface area (Å²) in [6.45, 7) is 13.1. The van der Waals surface area contributed by atoms with Gasteiger partial charge < -0.3 is 10.6 Å². The number of carbonyl (C=O) groups excluding carboxylic acids is 1. The highest BCUT2D eigenvalue weighted by molar-refractivity contribution is 6.39. The van der Waals surface area contributed by atoms with Crippen molar-refractivity contribution in [1.29, 1.82) is 0 Å². The first-order valence-electron chi connectivity index (χ1n) is 9.46. The zero-order valence-corrected chi connectivity index (χ0v) is 16.3. The fourth-order valence-electron chi connectivity index (χ4n) is 2.87.